The molecule has 0 spiro atoms. The Morgan fingerprint density at radius 2 is 1.67 bits per heavy atom. The van der Waals surface area contributed by atoms with Gasteiger partial charge in [-0.05, 0) is 50.2 Å². The van der Waals surface area contributed by atoms with Crippen LogP contribution in [0.3, 0.4) is 0 Å². The Morgan fingerprint density at radius 3 is 2.46 bits per heavy atom. The molecule has 1 aromatic heterocycles. The van der Waals surface area contributed by atoms with Crippen LogP contribution in [0.2, 0.25) is 0 Å². The molecular weight excluding hydrogens is 298 g/mol. The smallest absolute Gasteiger partial charge is 0.254 e. The topological polar surface area (TPSA) is 28.5 Å². The summed E-state index contributed by atoms with van der Waals surface area (Å²) in [5, 5.41) is 0. The maximum Gasteiger partial charge on any atom is 0.254 e. The number of piperidine rings is 1. The average Bonchev–Trinajstić information content (AvgIpc) is 3.05. The monoisotopic (exact) mass is 323 g/mol. The maximum absolute atomic E-state index is 12.6. The molecule has 2 aromatic rings. The van der Waals surface area contributed by atoms with E-state index in [1.807, 2.05) is 35.2 Å². The lowest BCUT2D eigenvalue weighted by atomic mass is 10.1. The molecule has 0 N–H and O–H groups in total. The van der Waals surface area contributed by atoms with Gasteiger partial charge in [0.05, 0.1) is 6.54 Å². The van der Waals surface area contributed by atoms with Crippen LogP contribution < -0.4 is 0 Å². The summed E-state index contributed by atoms with van der Waals surface area (Å²) in [6.45, 7) is 5.91. The second-order valence-corrected chi connectivity index (χ2v) is 6.90. The number of nitrogens with zero attached hydrogens (tertiary/aromatic N) is 3. The molecule has 1 aromatic carbocycles. The Balaban J connectivity index is 1.45. The van der Waals surface area contributed by atoms with E-state index in [9.17, 15) is 4.79 Å². The van der Waals surface area contributed by atoms with Gasteiger partial charge in [-0.2, -0.15) is 0 Å². The van der Waals surface area contributed by atoms with E-state index in [2.05, 4.69) is 21.6 Å². The number of hydrogen-bond donors (Lipinski definition) is 0. The van der Waals surface area contributed by atoms with E-state index in [4.69, 9.17) is 0 Å². The lowest BCUT2D eigenvalue weighted by Gasteiger charge is -2.31. The van der Waals surface area contributed by atoms with Crippen LogP contribution in [0.5, 0.6) is 0 Å². The summed E-state index contributed by atoms with van der Waals surface area (Å²) in [6.07, 6.45) is 4.03. The number of carbonyl (C=O) groups excluding carboxylic acids is 1. The van der Waals surface area contributed by atoms with E-state index in [0.29, 0.717) is 6.54 Å². The first-order valence-corrected chi connectivity index (χ1v) is 9.05. The van der Waals surface area contributed by atoms with Crippen molar-refractivity contribution in [3.8, 4) is 0 Å². The number of benzene rings is 1. The molecule has 3 heterocycles. The molecule has 4 heteroatoms. The van der Waals surface area contributed by atoms with E-state index < -0.39 is 0 Å². The van der Waals surface area contributed by atoms with Crippen molar-refractivity contribution in [1.82, 2.24) is 14.4 Å². The SMILES string of the molecule is O=C(c1ccccc1)N1CCn2c(CN3CCCCC3)ccc2C1. The molecule has 0 bridgehead atoms. The molecule has 0 unspecified atom stereocenters. The quantitative estimate of drug-likeness (QED) is 0.868. The molecule has 1 fully saturated rings. The minimum absolute atomic E-state index is 0.139. The Morgan fingerprint density at radius 1 is 0.875 bits per heavy atom. The van der Waals surface area contributed by atoms with Gasteiger partial charge in [-0.25, -0.2) is 0 Å². The molecule has 24 heavy (non-hydrogen) atoms. The highest BCUT2D eigenvalue weighted by Gasteiger charge is 2.23. The van der Waals surface area contributed by atoms with Crippen molar-refractivity contribution in [3.63, 3.8) is 0 Å². The van der Waals surface area contributed by atoms with Crippen LogP contribution in [0, 0.1) is 0 Å². The summed E-state index contributed by atoms with van der Waals surface area (Å²) < 4.78 is 2.42. The highest BCUT2D eigenvalue weighted by atomic mass is 16.2. The van der Waals surface area contributed by atoms with Gasteiger partial charge in [-0.1, -0.05) is 24.6 Å². The van der Waals surface area contributed by atoms with E-state index in [1.165, 1.54) is 43.7 Å². The van der Waals surface area contributed by atoms with Crippen molar-refractivity contribution in [3.05, 3.63) is 59.4 Å². The minimum Gasteiger partial charge on any atom is -0.344 e. The highest BCUT2D eigenvalue weighted by molar-refractivity contribution is 5.94. The average molecular weight is 323 g/mol. The van der Waals surface area contributed by atoms with Crippen LogP contribution in [0.4, 0.5) is 0 Å². The fraction of sp³-hybridized carbons (Fsp3) is 0.450. The minimum atomic E-state index is 0.139. The third-order valence-electron chi connectivity index (χ3n) is 5.25. The molecule has 2 aliphatic heterocycles. The van der Waals surface area contributed by atoms with Gasteiger partial charge in [-0.3, -0.25) is 9.69 Å². The van der Waals surface area contributed by atoms with E-state index >= 15 is 0 Å². The Kier molecular flexibility index (Phi) is 4.39. The lowest BCUT2D eigenvalue weighted by molar-refractivity contribution is 0.0708. The summed E-state index contributed by atoms with van der Waals surface area (Å²) in [5.74, 6) is 0.139. The fourth-order valence-electron chi connectivity index (χ4n) is 3.90. The molecule has 0 atom stereocenters. The largest absolute Gasteiger partial charge is 0.344 e. The maximum atomic E-state index is 12.6. The van der Waals surface area contributed by atoms with Crippen molar-refractivity contribution in [2.24, 2.45) is 0 Å². The standard InChI is InChI=1S/C20H25N3O/c24-20(17-7-3-1-4-8-17)22-13-14-23-18(9-10-19(23)16-22)15-21-11-5-2-6-12-21/h1,3-4,7-10H,2,5-6,11-16H2. The normalized spacial score (nSPS) is 18.4. The number of carbonyl (C=O) groups is 1. The lowest BCUT2D eigenvalue weighted by Crippen LogP contribution is -2.39. The first kappa shape index (κ1) is 15.5. The third kappa shape index (κ3) is 3.11. The van der Waals surface area contributed by atoms with Crippen molar-refractivity contribution in [1.29, 1.82) is 0 Å². The molecule has 1 amide bonds. The zero-order chi connectivity index (χ0) is 16.4. The first-order chi connectivity index (χ1) is 11.8. The molecule has 4 nitrogen and oxygen atoms in total. The van der Waals surface area contributed by atoms with Gasteiger partial charge in [0.15, 0.2) is 0 Å². The highest BCUT2D eigenvalue weighted by Crippen LogP contribution is 2.21. The van der Waals surface area contributed by atoms with Crippen LogP contribution in [0.1, 0.15) is 41.0 Å². The zero-order valence-electron chi connectivity index (χ0n) is 14.2. The number of aromatic nitrogens is 1. The molecular formula is C20H25N3O. The Hall–Kier alpha value is -2.07. The van der Waals surface area contributed by atoms with Crippen LogP contribution in [0.25, 0.3) is 0 Å². The Bertz CT molecular complexity index is 701. The molecule has 4 rings (SSSR count). The zero-order valence-corrected chi connectivity index (χ0v) is 14.2. The molecule has 1 saturated heterocycles. The molecule has 0 saturated carbocycles. The predicted octanol–water partition coefficient (Wildman–Crippen LogP) is 3.13. The van der Waals surface area contributed by atoms with Gasteiger partial charge in [-0.15, -0.1) is 0 Å². The summed E-state index contributed by atoms with van der Waals surface area (Å²) >= 11 is 0. The van der Waals surface area contributed by atoms with Crippen molar-refractivity contribution in [2.75, 3.05) is 19.6 Å². The van der Waals surface area contributed by atoms with Gasteiger partial charge >= 0.3 is 0 Å². The number of amides is 1. The summed E-state index contributed by atoms with van der Waals surface area (Å²) in [6, 6.07) is 14.1. The number of likely N-dealkylation sites (tertiary alicyclic amines) is 1. The van der Waals surface area contributed by atoms with Crippen LogP contribution in [0.15, 0.2) is 42.5 Å². The molecule has 2 aliphatic rings. The van der Waals surface area contributed by atoms with E-state index in [1.54, 1.807) is 0 Å². The molecule has 0 radical (unpaired) electrons. The van der Waals surface area contributed by atoms with Crippen LogP contribution in [-0.2, 0) is 19.6 Å². The summed E-state index contributed by atoms with van der Waals surface area (Å²) in [4.78, 5) is 17.2. The number of fused-ring (bicyclic) bond motifs is 1. The summed E-state index contributed by atoms with van der Waals surface area (Å²) in [7, 11) is 0. The van der Waals surface area contributed by atoms with Gasteiger partial charge in [0.1, 0.15) is 0 Å². The van der Waals surface area contributed by atoms with Gasteiger partial charge < -0.3 is 9.47 Å². The first-order valence-electron chi connectivity index (χ1n) is 9.05. The van der Waals surface area contributed by atoms with E-state index in [-0.39, 0.29) is 5.91 Å². The molecule has 0 aliphatic carbocycles. The van der Waals surface area contributed by atoms with Crippen molar-refractivity contribution >= 4 is 5.91 Å². The second-order valence-electron chi connectivity index (χ2n) is 6.90. The number of rotatable bonds is 3. The van der Waals surface area contributed by atoms with Crippen molar-refractivity contribution in [2.45, 2.75) is 38.9 Å². The second kappa shape index (κ2) is 6.81. The Labute approximate surface area is 143 Å². The van der Waals surface area contributed by atoms with Crippen LogP contribution >= 0.6 is 0 Å². The fourth-order valence-corrected chi connectivity index (χ4v) is 3.90. The van der Waals surface area contributed by atoms with Gasteiger partial charge in [0, 0.05) is 36.6 Å². The third-order valence-corrected chi connectivity index (χ3v) is 5.25. The summed E-state index contributed by atoms with van der Waals surface area (Å²) in [5.41, 5.74) is 3.45. The van der Waals surface area contributed by atoms with Gasteiger partial charge in [0.25, 0.3) is 5.91 Å². The van der Waals surface area contributed by atoms with Crippen molar-refractivity contribution < 1.29 is 4.79 Å². The van der Waals surface area contributed by atoms with E-state index in [0.717, 1.165) is 25.2 Å². The van der Waals surface area contributed by atoms with Crippen LogP contribution in [-0.4, -0.2) is 39.9 Å². The van der Waals surface area contributed by atoms with Gasteiger partial charge in [0.2, 0.25) is 0 Å². The molecule has 126 valence electrons. The number of hydrogen-bond acceptors (Lipinski definition) is 2. The predicted molar refractivity (Wildman–Crippen MR) is 94.7 cm³/mol.